The maximum absolute atomic E-state index is 13.7. The van der Waals surface area contributed by atoms with Crippen LogP contribution in [0.1, 0.15) is 54.6 Å². The number of fused-ring (bicyclic) bond motifs is 1. The monoisotopic (exact) mass is 402 g/mol. The number of carbonyl (C=O) groups is 1. The Kier molecular flexibility index (Phi) is 5.25. The third-order valence-electron chi connectivity index (χ3n) is 5.27. The SMILES string of the molecule is O=C(NC1CCCCCC1)c1cnn2c(C(F)(F)F)cc(-c3ccccc3)nc12. The molecule has 0 unspecified atom stereocenters. The average molecular weight is 402 g/mol. The Balaban J connectivity index is 1.76. The number of carbonyl (C=O) groups excluding carboxylic acids is 1. The van der Waals surface area contributed by atoms with Gasteiger partial charge in [0.2, 0.25) is 0 Å². The Morgan fingerprint density at radius 3 is 2.41 bits per heavy atom. The summed E-state index contributed by atoms with van der Waals surface area (Å²) < 4.78 is 41.7. The second-order valence-electron chi connectivity index (χ2n) is 7.35. The fourth-order valence-corrected chi connectivity index (χ4v) is 3.77. The molecule has 1 saturated carbocycles. The lowest BCUT2D eigenvalue weighted by Crippen LogP contribution is -2.34. The van der Waals surface area contributed by atoms with Crippen LogP contribution in [0, 0.1) is 0 Å². The minimum Gasteiger partial charge on any atom is -0.349 e. The largest absolute Gasteiger partial charge is 0.433 e. The van der Waals surface area contributed by atoms with E-state index >= 15 is 0 Å². The van der Waals surface area contributed by atoms with Gasteiger partial charge in [-0.25, -0.2) is 9.50 Å². The van der Waals surface area contributed by atoms with E-state index in [9.17, 15) is 18.0 Å². The van der Waals surface area contributed by atoms with Gasteiger partial charge in [-0.3, -0.25) is 4.79 Å². The zero-order chi connectivity index (χ0) is 20.4. The molecular weight excluding hydrogens is 381 g/mol. The van der Waals surface area contributed by atoms with E-state index in [1.54, 1.807) is 30.3 Å². The van der Waals surface area contributed by atoms with Gasteiger partial charge >= 0.3 is 6.18 Å². The van der Waals surface area contributed by atoms with Crippen LogP contribution in [0.5, 0.6) is 0 Å². The highest BCUT2D eigenvalue weighted by molar-refractivity contribution is 6.00. The van der Waals surface area contributed by atoms with Gasteiger partial charge in [-0.1, -0.05) is 56.0 Å². The van der Waals surface area contributed by atoms with Crippen molar-refractivity contribution in [3.8, 4) is 11.3 Å². The number of alkyl halides is 3. The van der Waals surface area contributed by atoms with Gasteiger partial charge in [0.05, 0.1) is 11.9 Å². The molecule has 1 fully saturated rings. The molecule has 1 aliphatic rings. The Morgan fingerprint density at radius 1 is 1.07 bits per heavy atom. The van der Waals surface area contributed by atoms with Crippen molar-refractivity contribution in [1.29, 1.82) is 0 Å². The van der Waals surface area contributed by atoms with Crippen LogP contribution in [-0.4, -0.2) is 26.5 Å². The van der Waals surface area contributed by atoms with Crippen molar-refractivity contribution in [2.75, 3.05) is 0 Å². The first-order valence-electron chi connectivity index (χ1n) is 9.76. The highest BCUT2D eigenvalue weighted by atomic mass is 19.4. The zero-order valence-electron chi connectivity index (χ0n) is 15.7. The van der Waals surface area contributed by atoms with Crippen LogP contribution in [0.15, 0.2) is 42.6 Å². The fraction of sp³-hybridized carbons (Fsp3) is 0.381. The summed E-state index contributed by atoms with van der Waals surface area (Å²) in [5, 5.41) is 6.78. The minimum atomic E-state index is -4.63. The van der Waals surface area contributed by atoms with E-state index in [4.69, 9.17) is 0 Å². The summed E-state index contributed by atoms with van der Waals surface area (Å²) in [5.41, 5.74) is -0.316. The van der Waals surface area contributed by atoms with Gasteiger partial charge in [0.25, 0.3) is 5.91 Å². The highest BCUT2D eigenvalue weighted by Crippen LogP contribution is 2.32. The maximum atomic E-state index is 13.7. The van der Waals surface area contributed by atoms with Crippen LogP contribution >= 0.6 is 0 Å². The molecule has 0 bridgehead atoms. The Labute approximate surface area is 166 Å². The summed E-state index contributed by atoms with van der Waals surface area (Å²) in [4.78, 5) is 17.2. The van der Waals surface area contributed by atoms with Gasteiger partial charge in [-0.15, -0.1) is 0 Å². The van der Waals surface area contributed by atoms with Gasteiger partial charge in [0, 0.05) is 11.6 Å². The van der Waals surface area contributed by atoms with Crippen molar-refractivity contribution < 1.29 is 18.0 Å². The number of nitrogens with one attached hydrogen (secondary N) is 1. The van der Waals surface area contributed by atoms with Crippen molar-refractivity contribution in [2.45, 2.75) is 50.7 Å². The fourth-order valence-electron chi connectivity index (χ4n) is 3.77. The molecule has 5 nitrogen and oxygen atoms in total. The molecule has 8 heteroatoms. The van der Waals surface area contributed by atoms with E-state index < -0.39 is 17.8 Å². The van der Waals surface area contributed by atoms with Crippen molar-refractivity contribution in [2.24, 2.45) is 0 Å². The van der Waals surface area contributed by atoms with E-state index in [2.05, 4.69) is 15.4 Å². The Morgan fingerprint density at radius 2 is 1.76 bits per heavy atom. The zero-order valence-corrected chi connectivity index (χ0v) is 15.7. The first-order valence-corrected chi connectivity index (χ1v) is 9.76. The minimum absolute atomic E-state index is 0.0272. The van der Waals surface area contributed by atoms with Gasteiger partial charge < -0.3 is 5.32 Å². The van der Waals surface area contributed by atoms with Crippen molar-refractivity contribution in [1.82, 2.24) is 19.9 Å². The van der Waals surface area contributed by atoms with Crippen LogP contribution < -0.4 is 5.32 Å². The quantitative estimate of drug-likeness (QED) is 0.636. The summed E-state index contributed by atoms with van der Waals surface area (Å²) >= 11 is 0. The van der Waals surface area contributed by atoms with Gasteiger partial charge in [0.15, 0.2) is 11.3 Å². The first kappa shape index (κ1) is 19.4. The lowest BCUT2D eigenvalue weighted by Gasteiger charge is -2.16. The molecule has 0 aliphatic heterocycles. The molecule has 2 heterocycles. The maximum Gasteiger partial charge on any atom is 0.433 e. The van der Waals surface area contributed by atoms with Crippen LogP contribution in [0.2, 0.25) is 0 Å². The number of hydrogen-bond acceptors (Lipinski definition) is 3. The summed E-state index contributed by atoms with van der Waals surface area (Å²) in [5.74, 6) is -0.433. The van der Waals surface area contributed by atoms with E-state index in [1.807, 2.05) is 0 Å². The molecule has 1 amide bonds. The van der Waals surface area contributed by atoms with Gasteiger partial charge in [-0.05, 0) is 18.9 Å². The number of benzene rings is 1. The number of halogens is 3. The molecule has 29 heavy (non-hydrogen) atoms. The highest BCUT2D eigenvalue weighted by Gasteiger charge is 2.36. The number of aromatic nitrogens is 3. The van der Waals surface area contributed by atoms with E-state index in [0.717, 1.165) is 44.6 Å². The van der Waals surface area contributed by atoms with E-state index in [-0.39, 0.29) is 22.9 Å². The van der Waals surface area contributed by atoms with Crippen LogP contribution in [0.4, 0.5) is 13.2 Å². The van der Waals surface area contributed by atoms with Gasteiger partial charge in [0.1, 0.15) is 5.56 Å². The average Bonchev–Trinajstić information content (AvgIpc) is 2.97. The molecule has 0 radical (unpaired) electrons. The lowest BCUT2D eigenvalue weighted by atomic mass is 10.1. The molecule has 4 rings (SSSR count). The normalized spacial score (nSPS) is 16.0. The van der Waals surface area contributed by atoms with Crippen LogP contribution in [0.25, 0.3) is 16.9 Å². The van der Waals surface area contributed by atoms with Crippen molar-refractivity contribution >= 4 is 11.6 Å². The molecule has 0 saturated heterocycles. The first-order chi connectivity index (χ1) is 13.9. The molecule has 3 aromatic rings. The topological polar surface area (TPSA) is 59.3 Å². The van der Waals surface area contributed by atoms with E-state index in [0.29, 0.717) is 10.1 Å². The number of hydrogen-bond donors (Lipinski definition) is 1. The molecule has 1 N–H and O–H groups in total. The summed E-state index contributed by atoms with van der Waals surface area (Å²) in [6.45, 7) is 0. The Hall–Kier alpha value is -2.90. The predicted octanol–water partition coefficient (Wildman–Crippen LogP) is 4.87. The molecule has 2 aromatic heterocycles. The van der Waals surface area contributed by atoms with Crippen molar-refractivity contribution in [3.05, 3.63) is 53.9 Å². The standard InChI is InChI=1S/C21H21F3N4O/c22-21(23,24)18-12-17(14-8-4-3-5-9-14)27-19-16(13-25-28(18)19)20(29)26-15-10-6-1-2-7-11-15/h3-5,8-9,12-13,15H,1-2,6-7,10-11H2,(H,26,29). The smallest absolute Gasteiger partial charge is 0.349 e. The summed E-state index contributed by atoms with van der Waals surface area (Å²) in [7, 11) is 0. The summed E-state index contributed by atoms with van der Waals surface area (Å²) in [6, 6.07) is 9.58. The molecule has 0 spiro atoms. The molecule has 152 valence electrons. The Bertz CT molecular complexity index is 1010. The van der Waals surface area contributed by atoms with Crippen LogP contribution in [0.3, 0.4) is 0 Å². The van der Waals surface area contributed by atoms with Crippen molar-refractivity contribution in [3.63, 3.8) is 0 Å². The second kappa shape index (κ2) is 7.85. The van der Waals surface area contributed by atoms with E-state index in [1.165, 1.54) is 6.20 Å². The number of amides is 1. The molecular formula is C21H21F3N4O. The third-order valence-corrected chi connectivity index (χ3v) is 5.27. The second-order valence-corrected chi connectivity index (χ2v) is 7.35. The number of rotatable bonds is 3. The van der Waals surface area contributed by atoms with Crippen LogP contribution in [-0.2, 0) is 6.18 Å². The molecule has 0 atom stereocenters. The predicted molar refractivity (Wildman–Crippen MR) is 102 cm³/mol. The number of nitrogens with zero attached hydrogens (tertiary/aromatic N) is 3. The van der Waals surface area contributed by atoms with Gasteiger partial charge in [-0.2, -0.15) is 18.3 Å². The third kappa shape index (κ3) is 4.11. The lowest BCUT2D eigenvalue weighted by molar-refractivity contribution is -0.142. The molecule has 1 aliphatic carbocycles. The molecule has 1 aromatic carbocycles. The summed E-state index contributed by atoms with van der Waals surface area (Å²) in [6.07, 6.45) is 2.63.